The summed E-state index contributed by atoms with van der Waals surface area (Å²) in [5.74, 6) is 2.28. The van der Waals surface area contributed by atoms with Gasteiger partial charge < -0.3 is 10.2 Å². The van der Waals surface area contributed by atoms with E-state index in [1.807, 2.05) is 18.7 Å². The Hall–Kier alpha value is -0.170. The summed E-state index contributed by atoms with van der Waals surface area (Å²) in [5, 5.41) is 8.17. The summed E-state index contributed by atoms with van der Waals surface area (Å²) in [7, 11) is -7.47. The molecule has 1 aromatic rings. The Labute approximate surface area is 176 Å². The van der Waals surface area contributed by atoms with Gasteiger partial charge in [0.15, 0.2) is 9.84 Å². The molecule has 0 saturated carbocycles. The Morgan fingerprint density at radius 2 is 2.04 bits per heavy atom. The van der Waals surface area contributed by atoms with Crippen molar-refractivity contribution in [1.82, 2.24) is 10.2 Å². The topological polar surface area (TPSA) is 110 Å². The van der Waals surface area contributed by atoms with Gasteiger partial charge in [-0.3, -0.25) is 0 Å². The highest BCUT2D eigenvalue weighted by atomic mass is 32.3. The summed E-state index contributed by atoms with van der Waals surface area (Å²) >= 11 is 2.76. The highest BCUT2D eigenvalue weighted by Gasteiger charge is 2.41. The second kappa shape index (κ2) is 9.32. The number of thiophene rings is 1. The van der Waals surface area contributed by atoms with Crippen LogP contribution in [0.5, 0.6) is 0 Å². The van der Waals surface area contributed by atoms with E-state index in [4.69, 9.17) is 5.14 Å². The summed E-state index contributed by atoms with van der Waals surface area (Å²) in [6.07, 6.45) is 2.82. The van der Waals surface area contributed by atoms with E-state index < -0.39 is 25.1 Å². The lowest BCUT2D eigenvalue weighted by Crippen LogP contribution is -2.37. The second-order valence-corrected chi connectivity index (χ2v) is 13.8. The lowest BCUT2D eigenvalue weighted by atomic mass is 10.0. The quantitative estimate of drug-likeness (QED) is 0.600. The maximum absolute atomic E-state index is 13.2. The van der Waals surface area contributed by atoms with Crippen molar-refractivity contribution in [2.75, 3.05) is 37.7 Å². The predicted molar refractivity (Wildman–Crippen MR) is 115 cm³/mol. The highest BCUT2D eigenvalue weighted by molar-refractivity contribution is 7.99. The average Bonchev–Trinajstić information content (AvgIpc) is 3.11. The van der Waals surface area contributed by atoms with Crippen molar-refractivity contribution in [2.24, 2.45) is 5.14 Å². The van der Waals surface area contributed by atoms with Gasteiger partial charge in [0.2, 0.25) is 10.0 Å². The number of primary sulfonamides is 1. The van der Waals surface area contributed by atoms with Gasteiger partial charge >= 0.3 is 0 Å². The zero-order valence-corrected chi connectivity index (χ0v) is 19.4. The van der Waals surface area contributed by atoms with E-state index in [1.54, 1.807) is 0 Å². The van der Waals surface area contributed by atoms with Crippen LogP contribution in [0.1, 0.15) is 44.2 Å². The van der Waals surface area contributed by atoms with Gasteiger partial charge in [-0.2, -0.15) is 11.8 Å². The third-order valence-electron chi connectivity index (χ3n) is 5.30. The fourth-order valence-corrected chi connectivity index (χ4v) is 9.52. The van der Waals surface area contributed by atoms with Crippen molar-refractivity contribution in [3.8, 4) is 0 Å². The predicted octanol–water partition coefficient (Wildman–Crippen LogP) is 1.81. The molecule has 0 radical (unpaired) electrons. The number of hydrogen-bond donors (Lipinski definition) is 2. The Balaban J connectivity index is 1.79. The minimum absolute atomic E-state index is 0.0733. The van der Waals surface area contributed by atoms with Crippen LogP contribution in [0.2, 0.25) is 0 Å². The van der Waals surface area contributed by atoms with Gasteiger partial charge in [-0.15, -0.1) is 11.3 Å². The van der Waals surface area contributed by atoms with Crippen molar-refractivity contribution in [1.29, 1.82) is 0 Å². The largest absolute Gasteiger partial charge is 0.310 e. The third kappa shape index (κ3) is 5.11. The van der Waals surface area contributed by atoms with E-state index in [0.29, 0.717) is 18.4 Å². The molecule has 160 valence electrons. The Morgan fingerprint density at radius 3 is 2.68 bits per heavy atom. The normalized spacial score (nSPS) is 25.5. The summed E-state index contributed by atoms with van der Waals surface area (Å²) in [4.78, 5) is 2.40. The van der Waals surface area contributed by atoms with E-state index in [0.717, 1.165) is 61.9 Å². The van der Waals surface area contributed by atoms with Crippen molar-refractivity contribution >= 4 is 43.0 Å². The fraction of sp³-hybridized carbons (Fsp3) is 0.765. The summed E-state index contributed by atoms with van der Waals surface area (Å²) in [6, 6.07) is 1.29. The lowest BCUT2D eigenvalue weighted by molar-refractivity contribution is 0.292. The zero-order valence-electron chi connectivity index (χ0n) is 16.1. The van der Waals surface area contributed by atoms with Crippen LogP contribution < -0.4 is 10.5 Å². The van der Waals surface area contributed by atoms with Crippen LogP contribution in [0, 0.1) is 0 Å². The monoisotopic (exact) mass is 467 g/mol. The van der Waals surface area contributed by atoms with E-state index in [2.05, 4.69) is 10.2 Å². The lowest BCUT2D eigenvalue weighted by Gasteiger charge is -2.31. The number of nitrogens with two attached hydrogens (primary N) is 1. The first kappa shape index (κ1) is 22.5. The maximum Gasteiger partial charge on any atom is 0.247 e. The number of thioether (sulfide) groups is 1. The molecule has 11 heteroatoms. The van der Waals surface area contributed by atoms with Crippen LogP contribution in [0.4, 0.5) is 0 Å². The molecule has 1 aromatic heterocycles. The van der Waals surface area contributed by atoms with Crippen molar-refractivity contribution in [3.05, 3.63) is 11.6 Å². The van der Waals surface area contributed by atoms with Crippen LogP contribution in [0.25, 0.3) is 0 Å². The van der Waals surface area contributed by atoms with Crippen LogP contribution in [0.15, 0.2) is 14.5 Å². The SMILES string of the molecule is CCCN[C@H]1C[C@H](CCCN2CCSCC2)S(=O)(=O)c2sc(S(N)(=O)=O)cc21. The molecule has 1 saturated heterocycles. The van der Waals surface area contributed by atoms with Gasteiger partial charge in [0.1, 0.15) is 8.42 Å². The zero-order chi connectivity index (χ0) is 20.4. The molecule has 1 fully saturated rings. The van der Waals surface area contributed by atoms with Crippen LogP contribution in [-0.4, -0.2) is 64.7 Å². The number of sulfone groups is 1. The number of hydrogen-bond acceptors (Lipinski definition) is 8. The molecule has 0 aliphatic carbocycles. The molecule has 2 aliphatic heterocycles. The van der Waals surface area contributed by atoms with Crippen molar-refractivity contribution in [2.45, 2.75) is 52.3 Å². The van der Waals surface area contributed by atoms with Gasteiger partial charge in [-0.1, -0.05) is 6.92 Å². The van der Waals surface area contributed by atoms with Crippen LogP contribution in [-0.2, 0) is 19.9 Å². The van der Waals surface area contributed by atoms with E-state index in [1.165, 1.54) is 6.07 Å². The number of fused-ring (bicyclic) bond motifs is 1. The van der Waals surface area contributed by atoms with Crippen molar-refractivity contribution in [3.63, 3.8) is 0 Å². The van der Waals surface area contributed by atoms with E-state index in [-0.39, 0.29) is 14.5 Å². The first-order valence-electron chi connectivity index (χ1n) is 9.67. The van der Waals surface area contributed by atoms with Gasteiger partial charge in [0.05, 0.1) is 5.25 Å². The van der Waals surface area contributed by atoms with Crippen molar-refractivity contribution < 1.29 is 16.8 Å². The Bertz CT molecular complexity index is 876. The molecule has 3 heterocycles. The van der Waals surface area contributed by atoms with Crippen LogP contribution in [0.3, 0.4) is 0 Å². The molecule has 28 heavy (non-hydrogen) atoms. The fourth-order valence-electron chi connectivity index (χ4n) is 3.79. The molecule has 3 N–H and O–H groups in total. The Morgan fingerprint density at radius 1 is 1.32 bits per heavy atom. The summed E-state index contributed by atoms with van der Waals surface area (Å²) in [6.45, 7) is 5.85. The number of nitrogens with one attached hydrogen (secondary N) is 1. The molecule has 0 aromatic carbocycles. The molecule has 0 unspecified atom stereocenters. The number of nitrogens with zero attached hydrogens (tertiary/aromatic N) is 1. The highest BCUT2D eigenvalue weighted by Crippen LogP contribution is 2.43. The summed E-state index contributed by atoms with van der Waals surface area (Å²) in [5.41, 5.74) is 0.562. The molecular formula is C17H29N3O4S4. The van der Waals surface area contributed by atoms with Gasteiger partial charge in [0.25, 0.3) is 0 Å². The second-order valence-electron chi connectivity index (χ2n) is 7.36. The number of rotatable bonds is 8. The van der Waals surface area contributed by atoms with Gasteiger partial charge in [-0.25, -0.2) is 22.0 Å². The first-order valence-corrected chi connectivity index (χ1v) is 14.7. The Kier molecular flexibility index (Phi) is 7.49. The summed E-state index contributed by atoms with van der Waals surface area (Å²) < 4.78 is 50.0. The van der Waals surface area contributed by atoms with Gasteiger partial charge in [0, 0.05) is 36.2 Å². The third-order valence-corrected chi connectivity index (χ3v) is 11.6. The maximum atomic E-state index is 13.2. The standard InChI is InChI=1S/C17H29N3O4S4/c1-2-5-19-15-11-13(4-3-6-20-7-9-25-10-8-20)27(21,22)17-14(15)12-16(26-17)28(18,23)24/h12-13,15,19H,2-11H2,1H3,(H2,18,23,24)/t13-,15-/m0/s1. The molecule has 0 bridgehead atoms. The minimum Gasteiger partial charge on any atom is -0.310 e. The molecule has 0 amide bonds. The van der Waals surface area contributed by atoms with E-state index in [9.17, 15) is 16.8 Å². The first-order chi connectivity index (χ1) is 13.2. The minimum atomic E-state index is -3.92. The molecule has 3 rings (SSSR count). The van der Waals surface area contributed by atoms with Gasteiger partial charge in [-0.05, 0) is 44.8 Å². The molecule has 2 aliphatic rings. The molecule has 7 nitrogen and oxygen atoms in total. The number of sulfonamides is 1. The molecule has 2 atom stereocenters. The molecular weight excluding hydrogens is 438 g/mol. The molecule has 0 spiro atoms. The average molecular weight is 468 g/mol. The smallest absolute Gasteiger partial charge is 0.247 e. The van der Waals surface area contributed by atoms with Crippen LogP contribution >= 0.6 is 23.1 Å². The van der Waals surface area contributed by atoms with E-state index >= 15 is 0 Å².